The van der Waals surface area contributed by atoms with Crippen LogP contribution < -0.4 is 4.74 Å². The van der Waals surface area contributed by atoms with Gasteiger partial charge in [-0.25, -0.2) is 8.78 Å². The summed E-state index contributed by atoms with van der Waals surface area (Å²) in [5, 5.41) is 9.00. The summed E-state index contributed by atoms with van der Waals surface area (Å²) in [5.41, 5.74) is 0. The molecule has 84 valence electrons. The predicted octanol–water partition coefficient (Wildman–Crippen LogP) is 2.97. The Hall–Kier alpha value is -1.91. The number of benzene rings is 2. The number of phenols is 1. The highest BCUT2D eigenvalue weighted by Crippen LogP contribution is 2.34. The maximum absolute atomic E-state index is 13.4. The van der Waals surface area contributed by atoms with E-state index in [0.29, 0.717) is 0 Å². The molecule has 2 aromatic carbocycles. The van der Waals surface area contributed by atoms with Gasteiger partial charge >= 0.3 is 0 Å². The van der Waals surface area contributed by atoms with Gasteiger partial charge in [-0.2, -0.15) is 4.39 Å². The van der Waals surface area contributed by atoms with Crippen LogP contribution in [0, 0.1) is 17.5 Å². The standard InChI is InChI=1S/C11H7F3O2/c1-16-11-6-3-2-5(15)4-7(6)8(12)9(13)10(11)14/h2-4,15H,1H3. The third kappa shape index (κ3) is 1.36. The van der Waals surface area contributed by atoms with Crippen molar-refractivity contribution in [3.05, 3.63) is 35.7 Å². The molecule has 0 saturated heterocycles. The van der Waals surface area contributed by atoms with Crippen LogP contribution in [0.2, 0.25) is 0 Å². The van der Waals surface area contributed by atoms with Crippen molar-refractivity contribution < 1.29 is 23.0 Å². The first-order valence-electron chi connectivity index (χ1n) is 4.39. The average Bonchev–Trinajstić information content (AvgIpc) is 2.28. The monoisotopic (exact) mass is 228 g/mol. The van der Waals surface area contributed by atoms with E-state index in [4.69, 9.17) is 5.11 Å². The van der Waals surface area contributed by atoms with E-state index in [2.05, 4.69) is 4.74 Å². The third-order valence-electron chi connectivity index (χ3n) is 2.27. The minimum absolute atomic E-state index is 0.0664. The lowest BCUT2D eigenvalue weighted by atomic mass is 10.1. The number of halogens is 3. The fourth-order valence-electron chi connectivity index (χ4n) is 1.54. The van der Waals surface area contributed by atoms with E-state index in [1.54, 1.807) is 0 Å². The van der Waals surface area contributed by atoms with Gasteiger partial charge < -0.3 is 9.84 Å². The van der Waals surface area contributed by atoms with Gasteiger partial charge in [0.25, 0.3) is 0 Å². The summed E-state index contributed by atoms with van der Waals surface area (Å²) in [6.45, 7) is 0. The van der Waals surface area contributed by atoms with Crippen LogP contribution in [0.25, 0.3) is 10.8 Å². The molecule has 16 heavy (non-hydrogen) atoms. The number of aromatic hydroxyl groups is 1. The quantitative estimate of drug-likeness (QED) is 0.760. The van der Waals surface area contributed by atoms with Crippen molar-refractivity contribution in [1.82, 2.24) is 0 Å². The Kier molecular flexibility index (Phi) is 2.38. The highest BCUT2D eigenvalue weighted by molar-refractivity contribution is 5.90. The normalized spacial score (nSPS) is 10.8. The molecule has 0 radical (unpaired) electrons. The van der Waals surface area contributed by atoms with Gasteiger partial charge in [-0.1, -0.05) is 0 Å². The summed E-state index contributed by atoms with van der Waals surface area (Å²) in [7, 11) is 1.15. The van der Waals surface area contributed by atoms with Gasteiger partial charge in [-0.05, 0) is 18.2 Å². The highest BCUT2D eigenvalue weighted by atomic mass is 19.2. The molecule has 0 saturated carbocycles. The Balaban J connectivity index is 2.97. The van der Waals surface area contributed by atoms with E-state index >= 15 is 0 Å². The van der Waals surface area contributed by atoms with Crippen LogP contribution in [0.15, 0.2) is 18.2 Å². The second-order valence-corrected chi connectivity index (χ2v) is 3.21. The Bertz CT molecular complexity index is 567. The predicted molar refractivity (Wildman–Crippen MR) is 52.0 cm³/mol. The summed E-state index contributed by atoms with van der Waals surface area (Å²) < 4.78 is 44.5. The van der Waals surface area contributed by atoms with Crippen molar-refractivity contribution in [2.24, 2.45) is 0 Å². The van der Waals surface area contributed by atoms with Gasteiger partial charge in [0.05, 0.1) is 7.11 Å². The van der Waals surface area contributed by atoms with E-state index in [-0.39, 0.29) is 22.3 Å². The lowest BCUT2D eigenvalue weighted by molar-refractivity contribution is 0.367. The summed E-state index contributed by atoms with van der Waals surface area (Å²) in [6, 6.07) is 3.51. The molecule has 2 rings (SSSR count). The Labute approximate surface area is 88.9 Å². The summed E-state index contributed by atoms with van der Waals surface area (Å²) in [4.78, 5) is 0. The second kappa shape index (κ2) is 3.59. The number of fused-ring (bicyclic) bond motifs is 1. The number of methoxy groups -OCH3 is 1. The Morgan fingerprint density at radius 1 is 1.00 bits per heavy atom. The van der Waals surface area contributed by atoms with Crippen LogP contribution in [0.4, 0.5) is 13.2 Å². The fourth-order valence-corrected chi connectivity index (χ4v) is 1.54. The van der Waals surface area contributed by atoms with Crippen LogP contribution in [0.5, 0.6) is 11.5 Å². The first kappa shape index (κ1) is 10.6. The van der Waals surface area contributed by atoms with Crippen molar-refractivity contribution >= 4 is 10.8 Å². The molecule has 1 N–H and O–H groups in total. The molecule has 2 nitrogen and oxygen atoms in total. The molecule has 0 aromatic heterocycles. The molecule has 0 aliphatic heterocycles. The zero-order chi connectivity index (χ0) is 11.9. The number of phenolic OH excluding ortho intramolecular Hbond substituents is 1. The van der Waals surface area contributed by atoms with Crippen LogP contribution in [0.3, 0.4) is 0 Å². The van der Waals surface area contributed by atoms with E-state index in [9.17, 15) is 13.2 Å². The minimum atomic E-state index is -1.62. The second-order valence-electron chi connectivity index (χ2n) is 3.21. The van der Waals surface area contributed by atoms with Gasteiger partial charge in [-0.15, -0.1) is 0 Å². The first-order valence-corrected chi connectivity index (χ1v) is 4.39. The largest absolute Gasteiger partial charge is 0.508 e. The van der Waals surface area contributed by atoms with Crippen LogP contribution in [0.1, 0.15) is 0 Å². The first-order chi connectivity index (χ1) is 7.56. The van der Waals surface area contributed by atoms with E-state index in [1.165, 1.54) is 12.1 Å². The SMILES string of the molecule is COc1c(F)c(F)c(F)c2cc(O)ccc12. The van der Waals surface area contributed by atoms with Gasteiger partial charge in [-0.3, -0.25) is 0 Å². The number of rotatable bonds is 1. The molecule has 2 aromatic rings. The zero-order valence-corrected chi connectivity index (χ0v) is 8.22. The topological polar surface area (TPSA) is 29.5 Å². The van der Waals surface area contributed by atoms with Gasteiger partial charge in [0.2, 0.25) is 5.82 Å². The molecule has 0 amide bonds. The Morgan fingerprint density at radius 3 is 2.31 bits per heavy atom. The third-order valence-corrected chi connectivity index (χ3v) is 2.27. The molecular formula is C11H7F3O2. The smallest absolute Gasteiger partial charge is 0.204 e. The van der Waals surface area contributed by atoms with E-state index in [0.717, 1.165) is 13.2 Å². The summed E-state index contributed by atoms with van der Waals surface area (Å²) in [5.74, 6) is -4.95. The molecule has 0 heterocycles. The zero-order valence-electron chi connectivity index (χ0n) is 8.22. The maximum Gasteiger partial charge on any atom is 0.204 e. The van der Waals surface area contributed by atoms with Gasteiger partial charge in [0.1, 0.15) is 5.75 Å². The van der Waals surface area contributed by atoms with Crippen LogP contribution in [-0.2, 0) is 0 Å². The molecular weight excluding hydrogens is 221 g/mol. The van der Waals surface area contributed by atoms with Crippen LogP contribution in [-0.4, -0.2) is 12.2 Å². The number of ether oxygens (including phenoxy) is 1. The van der Waals surface area contributed by atoms with Crippen molar-refractivity contribution in [2.45, 2.75) is 0 Å². The van der Waals surface area contributed by atoms with Crippen molar-refractivity contribution in [3.63, 3.8) is 0 Å². The molecule has 0 aliphatic rings. The fraction of sp³-hybridized carbons (Fsp3) is 0.0909. The lowest BCUT2D eigenvalue weighted by Crippen LogP contribution is -1.98. The Morgan fingerprint density at radius 2 is 1.69 bits per heavy atom. The number of hydrogen-bond donors (Lipinski definition) is 1. The molecule has 0 spiro atoms. The summed E-state index contributed by atoms with van der Waals surface area (Å²) in [6.07, 6.45) is 0. The number of hydrogen-bond acceptors (Lipinski definition) is 2. The highest BCUT2D eigenvalue weighted by Gasteiger charge is 2.20. The van der Waals surface area contributed by atoms with Crippen molar-refractivity contribution in [1.29, 1.82) is 0 Å². The summed E-state index contributed by atoms with van der Waals surface area (Å²) >= 11 is 0. The molecule has 0 unspecified atom stereocenters. The lowest BCUT2D eigenvalue weighted by Gasteiger charge is -2.09. The molecule has 0 fully saturated rings. The molecule has 5 heteroatoms. The van der Waals surface area contributed by atoms with Crippen LogP contribution >= 0.6 is 0 Å². The van der Waals surface area contributed by atoms with Crippen molar-refractivity contribution in [2.75, 3.05) is 7.11 Å². The minimum Gasteiger partial charge on any atom is -0.508 e. The van der Waals surface area contributed by atoms with E-state index < -0.39 is 17.5 Å². The van der Waals surface area contributed by atoms with Crippen molar-refractivity contribution in [3.8, 4) is 11.5 Å². The van der Waals surface area contributed by atoms with E-state index in [1.807, 2.05) is 0 Å². The average molecular weight is 228 g/mol. The molecule has 0 atom stereocenters. The van der Waals surface area contributed by atoms with Gasteiger partial charge in [0.15, 0.2) is 17.4 Å². The maximum atomic E-state index is 13.4. The molecule has 0 aliphatic carbocycles. The molecule has 0 bridgehead atoms. The van der Waals surface area contributed by atoms with Gasteiger partial charge in [0, 0.05) is 10.8 Å².